The van der Waals surface area contributed by atoms with Gasteiger partial charge in [0.1, 0.15) is 0 Å². The van der Waals surface area contributed by atoms with Crippen LogP contribution in [0.25, 0.3) is 0 Å². The van der Waals surface area contributed by atoms with E-state index in [1.165, 1.54) is 4.90 Å². The second kappa shape index (κ2) is 4.86. The Bertz CT molecular complexity index is 429. The molecule has 1 heterocycles. The number of hydrogen-bond donors (Lipinski definition) is 0. The molecule has 90 valence electrons. The number of ether oxygens (including phenoxy) is 1. The molecule has 0 N–H and O–H groups in total. The Balaban J connectivity index is 1.93. The molecule has 1 amide bonds. The first-order chi connectivity index (χ1) is 8.16. The molecule has 1 aliphatic heterocycles. The van der Waals surface area contributed by atoms with Gasteiger partial charge >= 0.3 is 6.09 Å². The predicted molar refractivity (Wildman–Crippen MR) is 62.5 cm³/mol. The van der Waals surface area contributed by atoms with Crippen molar-refractivity contribution in [3.8, 4) is 0 Å². The van der Waals surface area contributed by atoms with Crippen LogP contribution in [0, 0.1) is 0 Å². The van der Waals surface area contributed by atoms with E-state index in [9.17, 15) is 4.79 Å². The van der Waals surface area contributed by atoms with E-state index in [0.29, 0.717) is 12.3 Å². The Morgan fingerprint density at radius 3 is 2.76 bits per heavy atom. The van der Waals surface area contributed by atoms with Crippen molar-refractivity contribution < 1.29 is 14.4 Å². The van der Waals surface area contributed by atoms with Crippen LogP contribution in [-0.4, -0.2) is 31.0 Å². The lowest BCUT2D eigenvalue weighted by atomic mass is 10.1. The normalized spacial score (nSPS) is 18.2. The van der Waals surface area contributed by atoms with Gasteiger partial charge in [-0.25, -0.2) is 4.79 Å². The molecule has 0 radical (unpaired) electrons. The van der Waals surface area contributed by atoms with Crippen molar-refractivity contribution in [1.29, 1.82) is 0 Å². The van der Waals surface area contributed by atoms with Gasteiger partial charge in [0.15, 0.2) is 6.10 Å². The molecule has 0 saturated heterocycles. The maximum absolute atomic E-state index is 11.3. The molecule has 1 aromatic rings. The molecular formula is C12H14N2O3. The van der Waals surface area contributed by atoms with E-state index in [0.717, 1.165) is 5.56 Å². The highest BCUT2D eigenvalue weighted by Crippen LogP contribution is 2.27. The summed E-state index contributed by atoms with van der Waals surface area (Å²) in [6, 6.07) is 9.71. The summed E-state index contributed by atoms with van der Waals surface area (Å²) < 4.78 is 5.04. The molecule has 17 heavy (non-hydrogen) atoms. The van der Waals surface area contributed by atoms with Crippen molar-refractivity contribution in [3.63, 3.8) is 0 Å². The smallest absolute Gasteiger partial charge is 0.392 e. The van der Waals surface area contributed by atoms with Crippen LogP contribution in [0.1, 0.15) is 18.1 Å². The minimum Gasteiger partial charge on any atom is -0.392 e. The summed E-state index contributed by atoms with van der Waals surface area (Å²) in [6.45, 7) is 0. The topological polar surface area (TPSA) is 51.1 Å². The minimum absolute atomic E-state index is 0.166. The minimum atomic E-state index is -0.443. The molecule has 0 spiro atoms. The van der Waals surface area contributed by atoms with E-state index in [1.807, 2.05) is 30.3 Å². The Kier molecular flexibility index (Phi) is 3.27. The number of carbonyl (C=O) groups excluding carboxylic acids is 1. The van der Waals surface area contributed by atoms with Crippen LogP contribution >= 0.6 is 0 Å². The van der Waals surface area contributed by atoms with Crippen molar-refractivity contribution in [2.24, 2.45) is 5.16 Å². The third-order valence-electron chi connectivity index (χ3n) is 2.38. The molecule has 5 heteroatoms. The summed E-state index contributed by atoms with van der Waals surface area (Å²) in [5, 5.41) is 3.76. The Morgan fingerprint density at radius 1 is 1.41 bits per heavy atom. The molecule has 0 aliphatic carbocycles. The zero-order chi connectivity index (χ0) is 12.3. The van der Waals surface area contributed by atoms with E-state index < -0.39 is 6.09 Å². The van der Waals surface area contributed by atoms with Crippen LogP contribution in [0.4, 0.5) is 4.79 Å². The summed E-state index contributed by atoms with van der Waals surface area (Å²) in [5.41, 5.74) is 1.02. The number of amides is 1. The first kappa shape index (κ1) is 11.4. The largest absolute Gasteiger partial charge is 0.415 e. The first-order valence-corrected chi connectivity index (χ1v) is 5.33. The van der Waals surface area contributed by atoms with Crippen molar-refractivity contribution >= 4 is 12.0 Å². The molecule has 1 atom stereocenters. The number of nitrogens with zero attached hydrogens (tertiary/aromatic N) is 2. The van der Waals surface area contributed by atoms with Gasteiger partial charge in [0.2, 0.25) is 5.90 Å². The van der Waals surface area contributed by atoms with Crippen LogP contribution in [0.5, 0.6) is 0 Å². The summed E-state index contributed by atoms with van der Waals surface area (Å²) in [6.07, 6.45) is -0.133. The summed E-state index contributed by atoms with van der Waals surface area (Å²) in [7, 11) is 3.24. The van der Waals surface area contributed by atoms with Gasteiger partial charge in [-0.05, 0) is 5.56 Å². The van der Waals surface area contributed by atoms with Gasteiger partial charge in [0.05, 0.1) is 6.42 Å². The van der Waals surface area contributed by atoms with Gasteiger partial charge in [-0.2, -0.15) is 0 Å². The number of benzene rings is 1. The van der Waals surface area contributed by atoms with E-state index >= 15 is 0 Å². The molecule has 1 unspecified atom stereocenters. The van der Waals surface area contributed by atoms with E-state index in [-0.39, 0.29) is 6.10 Å². The van der Waals surface area contributed by atoms with Crippen molar-refractivity contribution in [2.45, 2.75) is 12.5 Å². The fraction of sp³-hybridized carbons (Fsp3) is 0.333. The Morgan fingerprint density at radius 2 is 2.12 bits per heavy atom. The maximum Gasteiger partial charge on any atom is 0.415 e. The number of rotatable bonds is 1. The molecule has 2 rings (SSSR count). The number of hydrogen-bond acceptors (Lipinski definition) is 4. The summed E-state index contributed by atoms with van der Waals surface area (Å²) in [4.78, 5) is 17.9. The molecule has 0 saturated carbocycles. The second-order valence-corrected chi connectivity index (χ2v) is 3.96. The highest BCUT2D eigenvalue weighted by molar-refractivity contribution is 5.88. The third-order valence-corrected chi connectivity index (χ3v) is 2.38. The van der Waals surface area contributed by atoms with Gasteiger partial charge in [-0.3, -0.25) is 0 Å². The van der Waals surface area contributed by atoms with Crippen molar-refractivity contribution in [3.05, 3.63) is 35.9 Å². The maximum atomic E-state index is 11.3. The van der Waals surface area contributed by atoms with Crippen LogP contribution in [0.2, 0.25) is 0 Å². The SMILES string of the molecule is CN(C)C(=O)OC1=NOC(c2ccccc2)C1. The third kappa shape index (κ3) is 2.75. The van der Waals surface area contributed by atoms with Gasteiger partial charge in [-0.1, -0.05) is 35.5 Å². The fourth-order valence-corrected chi connectivity index (χ4v) is 1.45. The fourth-order valence-electron chi connectivity index (χ4n) is 1.45. The predicted octanol–water partition coefficient (Wildman–Crippen LogP) is 2.16. The Hall–Kier alpha value is -2.04. The lowest BCUT2D eigenvalue weighted by Gasteiger charge is -2.09. The van der Waals surface area contributed by atoms with Crippen LogP contribution in [-0.2, 0) is 9.57 Å². The van der Waals surface area contributed by atoms with E-state index in [4.69, 9.17) is 9.57 Å². The molecule has 0 bridgehead atoms. The lowest BCUT2D eigenvalue weighted by molar-refractivity contribution is 0.0853. The standard InChI is InChI=1S/C12H14N2O3/c1-14(2)12(15)16-11-8-10(17-13-11)9-6-4-3-5-7-9/h3-7,10H,8H2,1-2H3. The van der Waals surface area contributed by atoms with Crippen LogP contribution < -0.4 is 0 Å². The molecule has 1 aliphatic rings. The highest BCUT2D eigenvalue weighted by atomic mass is 16.7. The molecule has 1 aromatic carbocycles. The molecular weight excluding hydrogens is 220 g/mol. The number of carbonyl (C=O) groups is 1. The van der Waals surface area contributed by atoms with Gasteiger partial charge in [0, 0.05) is 14.1 Å². The van der Waals surface area contributed by atoms with Gasteiger partial charge in [-0.15, -0.1) is 0 Å². The monoisotopic (exact) mass is 234 g/mol. The van der Waals surface area contributed by atoms with Crippen LogP contribution in [0.15, 0.2) is 35.5 Å². The van der Waals surface area contributed by atoms with Gasteiger partial charge < -0.3 is 14.5 Å². The summed E-state index contributed by atoms with van der Waals surface area (Å²) in [5.74, 6) is 0.317. The lowest BCUT2D eigenvalue weighted by Crippen LogP contribution is -2.25. The van der Waals surface area contributed by atoms with Crippen molar-refractivity contribution in [2.75, 3.05) is 14.1 Å². The zero-order valence-electron chi connectivity index (χ0n) is 9.79. The number of oxime groups is 1. The average Bonchev–Trinajstić information content (AvgIpc) is 2.78. The molecule has 0 fully saturated rings. The van der Waals surface area contributed by atoms with E-state index in [2.05, 4.69) is 5.16 Å². The highest BCUT2D eigenvalue weighted by Gasteiger charge is 2.25. The Labute approximate surface area is 99.6 Å². The van der Waals surface area contributed by atoms with E-state index in [1.54, 1.807) is 14.1 Å². The molecule has 0 aromatic heterocycles. The second-order valence-electron chi connectivity index (χ2n) is 3.96. The summed E-state index contributed by atoms with van der Waals surface area (Å²) >= 11 is 0. The zero-order valence-corrected chi connectivity index (χ0v) is 9.79. The molecule has 5 nitrogen and oxygen atoms in total. The average molecular weight is 234 g/mol. The first-order valence-electron chi connectivity index (χ1n) is 5.33. The van der Waals surface area contributed by atoms with Crippen molar-refractivity contribution in [1.82, 2.24) is 4.90 Å². The van der Waals surface area contributed by atoms with Crippen LogP contribution in [0.3, 0.4) is 0 Å². The van der Waals surface area contributed by atoms with Gasteiger partial charge in [0.25, 0.3) is 0 Å². The quantitative estimate of drug-likeness (QED) is 0.748.